The van der Waals surface area contributed by atoms with E-state index < -0.39 is 0 Å². The van der Waals surface area contributed by atoms with E-state index in [0.717, 1.165) is 11.3 Å². The van der Waals surface area contributed by atoms with Gasteiger partial charge in [0.25, 0.3) is 5.56 Å². The fraction of sp³-hybridized carbons (Fsp3) is 0.500. The van der Waals surface area contributed by atoms with Crippen molar-refractivity contribution >= 4 is 5.91 Å². The SMILES string of the molecule is Cc1cc(C)c(CN2CC(N)CC2=O)c(=O)[nH]1. The molecule has 0 bridgehead atoms. The minimum atomic E-state index is -0.115. The van der Waals surface area contributed by atoms with Crippen molar-refractivity contribution in [1.82, 2.24) is 9.88 Å². The first-order chi connectivity index (χ1) is 7.97. The number of pyridine rings is 1. The van der Waals surface area contributed by atoms with E-state index >= 15 is 0 Å². The molecular formula is C12H17N3O2. The molecule has 1 saturated heterocycles. The van der Waals surface area contributed by atoms with E-state index in [0.29, 0.717) is 25.1 Å². The fourth-order valence-corrected chi connectivity index (χ4v) is 2.22. The van der Waals surface area contributed by atoms with Crippen LogP contribution in [-0.4, -0.2) is 28.4 Å². The molecule has 5 nitrogen and oxygen atoms in total. The quantitative estimate of drug-likeness (QED) is 0.760. The van der Waals surface area contributed by atoms with Crippen molar-refractivity contribution in [3.8, 4) is 0 Å². The normalized spacial score (nSPS) is 20.1. The number of carbonyl (C=O) groups is 1. The number of H-pyrrole nitrogens is 1. The molecule has 2 heterocycles. The summed E-state index contributed by atoms with van der Waals surface area (Å²) in [6.45, 7) is 4.62. The summed E-state index contributed by atoms with van der Waals surface area (Å²) in [5, 5.41) is 0. The molecule has 1 aromatic rings. The summed E-state index contributed by atoms with van der Waals surface area (Å²) < 4.78 is 0. The lowest BCUT2D eigenvalue weighted by molar-refractivity contribution is -0.128. The molecule has 1 unspecified atom stereocenters. The van der Waals surface area contributed by atoms with E-state index in [1.807, 2.05) is 19.9 Å². The highest BCUT2D eigenvalue weighted by Gasteiger charge is 2.27. The van der Waals surface area contributed by atoms with Crippen molar-refractivity contribution in [2.45, 2.75) is 32.9 Å². The highest BCUT2D eigenvalue weighted by molar-refractivity contribution is 5.79. The molecule has 0 spiro atoms. The maximum absolute atomic E-state index is 11.8. The fourth-order valence-electron chi connectivity index (χ4n) is 2.22. The van der Waals surface area contributed by atoms with Crippen molar-refractivity contribution in [3.63, 3.8) is 0 Å². The predicted molar refractivity (Wildman–Crippen MR) is 64.5 cm³/mol. The Hall–Kier alpha value is -1.62. The van der Waals surface area contributed by atoms with E-state index in [-0.39, 0.29) is 17.5 Å². The Kier molecular flexibility index (Phi) is 3.02. The summed E-state index contributed by atoms with van der Waals surface area (Å²) in [4.78, 5) is 27.8. The predicted octanol–water partition coefficient (Wildman–Crippen LogP) is 0.0513. The molecule has 0 radical (unpaired) electrons. The van der Waals surface area contributed by atoms with Gasteiger partial charge in [0, 0.05) is 30.3 Å². The number of hydrogen-bond acceptors (Lipinski definition) is 3. The van der Waals surface area contributed by atoms with Crippen molar-refractivity contribution in [2.75, 3.05) is 6.54 Å². The van der Waals surface area contributed by atoms with Gasteiger partial charge < -0.3 is 15.6 Å². The first-order valence-electron chi connectivity index (χ1n) is 5.70. The second kappa shape index (κ2) is 4.33. The van der Waals surface area contributed by atoms with Crippen LogP contribution in [0.1, 0.15) is 23.2 Å². The molecule has 5 heteroatoms. The van der Waals surface area contributed by atoms with Gasteiger partial charge >= 0.3 is 0 Å². The highest BCUT2D eigenvalue weighted by Crippen LogP contribution is 2.14. The molecule has 0 saturated carbocycles. The third-order valence-corrected chi connectivity index (χ3v) is 3.09. The molecule has 1 fully saturated rings. The molecule has 3 N–H and O–H groups in total. The van der Waals surface area contributed by atoms with Crippen LogP contribution in [0.4, 0.5) is 0 Å². The number of aryl methyl sites for hydroxylation is 2. The van der Waals surface area contributed by atoms with Crippen molar-refractivity contribution in [3.05, 3.63) is 33.2 Å². The third-order valence-electron chi connectivity index (χ3n) is 3.09. The van der Waals surface area contributed by atoms with Gasteiger partial charge in [-0.15, -0.1) is 0 Å². The first-order valence-corrected chi connectivity index (χ1v) is 5.70. The lowest BCUT2D eigenvalue weighted by Gasteiger charge is -2.16. The first kappa shape index (κ1) is 11.9. The third kappa shape index (κ3) is 2.39. The Labute approximate surface area is 99.6 Å². The van der Waals surface area contributed by atoms with Crippen molar-refractivity contribution < 1.29 is 4.79 Å². The van der Waals surface area contributed by atoms with Gasteiger partial charge in [-0.3, -0.25) is 9.59 Å². The molecule has 2 rings (SSSR count). The summed E-state index contributed by atoms with van der Waals surface area (Å²) in [5.41, 5.74) is 8.01. The van der Waals surface area contributed by atoms with Crippen LogP contribution in [0, 0.1) is 13.8 Å². The number of carbonyl (C=O) groups excluding carboxylic acids is 1. The second-order valence-corrected chi connectivity index (χ2v) is 4.68. The number of nitrogens with one attached hydrogen (secondary N) is 1. The monoisotopic (exact) mass is 235 g/mol. The van der Waals surface area contributed by atoms with Crippen LogP contribution in [-0.2, 0) is 11.3 Å². The van der Waals surface area contributed by atoms with Gasteiger partial charge in [0.2, 0.25) is 5.91 Å². The van der Waals surface area contributed by atoms with Gasteiger partial charge in [-0.1, -0.05) is 0 Å². The van der Waals surface area contributed by atoms with Crippen LogP contribution < -0.4 is 11.3 Å². The maximum Gasteiger partial charge on any atom is 0.253 e. The molecule has 92 valence electrons. The van der Waals surface area contributed by atoms with E-state index in [2.05, 4.69) is 4.98 Å². The highest BCUT2D eigenvalue weighted by atomic mass is 16.2. The van der Waals surface area contributed by atoms with Crippen LogP contribution in [0.5, 0.6) is 0 Å². The summed E-state index contributed by atoms with van der Waals surface area (Å²) in [7, 11) is 0. The molecule has 1 atom stereocenters. The second-order valence-electron chi connectivity index (χ2n) is 4.68. The largest absolute Gasteiger partial charge is 0.337 e. The Morgan fingerprint density at radius 3 is 2.71 bits per heavy atom. The number of aromatic nitrogens is 1. The van der Waals surface area contributed by atoms with E-state index in [9.17, 15) is 9.59 Å². The van der Waals surface area contributed by atoms with Gasteiger partial charge in [-0.25, -0.2) is 0 Å². The maximum atomic E-state index is 11.8. The molecule has 1 aliphatic rings. The number of aromatic amines is 1. The molecule has 1 amide bonds. The molecule has 17 heavy (non-hydrogen) atoms. The van der Waals surface area contributed by atoms with Crippen LogP contribution in [0.2, 0.25) is 0 Å². The minimum Gasteiger partial charge on any atom is -0.337 e. The Morgan fingerprint density at radius 2 is 2.18 bits per heavy atom. The number of rotatable bonds is 2. The zero-order valence-electron chi connectivity index (χ0n) is 10.1. The Balaban J connectivity index is 2.25. The average molecular weight is 235 g/mol. The number of amides is 1. The van der Waals surface area contributed by atoms with Gasteiger partial charge in [-0.05, 0) is 25.5 Å². The van der Waals surface area contributed by atoms with E-state index in [1.54, 1.807) is 4.90 Å². The smallest absolute Gasteiger partial charge is 0.253 e. The Bertz CT molecular complexity index is 507. The summed E-state index contributed by atoms with van der Waals surface area (Å²) in [5.74, 6) is 0.0249. The van der Waals surface area contributed by atoms with Crippen molar-refractivity contribution in [1.29, 1.82) is 0 Å². The van der Waals surface area contributed by atoms with Crippen LogP contribution in [0.15, 0.2) is 10.9 Å². The zero-order valence-corrected chi connectivity index (χ0v) is 10.1. The van der Waals surface area contributed by atoms with E-state index in [1.165, 1.54) is 0 Å². The number of nitrogens with two attached hydrogens (primary N) is 1. The minimum absolute atomic E-state index is 0.0249. The van der Waals surface area contributed by atoms with Crippen molar-refractivity contribution in [2.24, 2.45) is 5.73 Å². The average Bonchev–Trinajstić information content (AvgIpc) is 2.51. The molecule has 1 aromatic heterocycles. The Morgan fingerprint density at radius 1 is 1.47 bits per heavy atom. The van der Waals surface area contributed by atoms with Crippen LogP contribution in [0.25, 0.3) is 0 Å². The molecular weight excluding hydrogens is 218 g/mol. The van der Waals surface area contributed by atoms with Gasteiger partial charge in [0.05, 0.1) is 6.54 Å². The summed E-state index contributed by atoms with van der Waals surface area (Å²) >= 11 is 0. The molecule has 1 aliphatic heterocycles. The molecule has 0 aromatic carbocycles. The topological polar surface area (TPSA) is 79.2 Å². The van der Waals surface area contributed by atoms with Gasteiger partial charge in [-0.2, -0.15) is 0 Å². The van der Waals surface area contributed by atoms with Gasteiger partial charge in [0.1, 0.15) is 0 Å². The number of hydrogen-bond donors (Lipinski definition) is 2. The lowest BCUT2D eigenvalue weighted by atomic mass is 10.1. The summed E-state index contributed by atoms with van der Waals surface area (Å²) in [6.07, 6.45) is 0.378. The summed E-state index contributed by atoms with van der Waals surface area (Å²) in [6, 6.07) is 1.81. The number of nitrogens with zero attached hydrogens (tertiary/aromatic N) is 1. The van der Waals surface area contributed by atoms with Crippen LogP contribution in [0.3, 0.4) is 0 Å². The lowest BCUT2D eigenvalue weighted by Crippen LogP contribution is -2.31. The zero-order chi connectivity index (χ0) is 12.6. The van der Waals surface area contributed by atoms with E-state index in [4.69, 9.17) is 5.73 Å². The van der Waals surface area contributed by atoms with Gasteiger partial charge in [0.15, 0.2) is 0 Å². The standard InChI is InChI=1S/C12H17N3O2/c1-7-3-8(2)14-12(17)10(7)6-15-5-9(13)4-11(15)16/h3,9H,4-6,13H2,1-2H3,(H,14,17). The number of likely N-dealkylation sites (tertiary alicyclic amines) is 1. The molecule has 0 aliphatic carbocycles. The van der Waals surface area contributed by atoms with Crippen LogP contribution >= 0.6 is 0 Å².